The molecule has 1 aromatic carbocycles. The topological polar surface area (TPSA) is 40.5 Å². The Morgan fingerprint density at radius 2 is 2.22 bits per heavy atom. The highest BCUT2D eigenvalue weighted by molar-refractivity contribution is 5.66. The molecule has 1 unspecified atom stereocenters. The maximum absolute atomic E-state index is 10.7. The quantitative estimate of drug-likeness (QED) is 0.889. The Hall–Kier alpha value is -1.35. The maximum atomic E-state index is 10.7. The highest BCUT2D eigenvalue weighted by atomic mass is 16.4. The second kappa shape index (κ2) is 5.53. The number of carboxylic acids is 1. The molecule has 0 aromatic heterocycles. The Kier molecular flexibility index (Phi) is 4.02. The first-order valence-corrected chi connectivity index (χ1v) is 6.61. The van der Waals surface area contributed by atoms with E-state index < -0.39 is 5.97 Å². The van der Waals surface area contributed by atoms with Crippen molar-refractivity contribution in [2.24, 2.45) is 0 Å². The predicted octanol–water partition coefficient (Wildman–Crippen LogP) is 2.92. The lowest BCUT2D eigenvalue weighted by molar-refractivity contribution is -0.137. The van der Waals surface area contributed by atoms with Gasteiger partial charge < -0.3 is 5.11 Å². The van der Waals surface area contributed by atoms with Gasteiger partial charge in [0.2, 0.25) is 0 Å². The minimum atomic E-state index is -0.707. The fourth-order valence-corrected chi connectivity index (χ4v) is 2.82. The third-order valence-corrected chi connectivity index (χ3v) is 3.98. The summed E-state index contributed by atoms with van der Waals surface area (Å²) < 4.78 is 0. The van der Waals surface area contributed by atoms with E-state index in [0.717, 1.165) is 19.4 Å². The van der Waals surface area contributed by atoms with Crippen molar-refractivity contribution >= 4 is 5.97 Å². The molecule has 0 spiro atoms. The van der Waals surface area contributed by atoms with E-state index in [1.165, 1.54) is 16.7 Å². The molecule has 1 aromatic rings. The fourth-order valence-electron chi connectivity index (χ4n) is 2.82. The van der Waals surface area contributed by atoms with E-state index in [1.807, 2.05) is 0 Å². The molecule has 3 heteroatoms. The number of benzene rings is 1. The summed E-state index contributed by atoms with van der Waals surface area (Å²) in [5.41, 5.74) is 4.04. The monoisotopic (exact) mass is 247 g/mol. The molecule has 18 heavy (non-hydrogen) atoms. The molecule has 0 aliphatic carbocycles. The van der Waals surface area contributed by atoms with Gasteiger partial charge in [0.1, 0.15) is 0 Å². The summed E-state index contributed by atoms with van der Waals surface area (Å²) >= 11 is 0. The van der Waals surface area contributed by atoms with Crippen molar-refractivity contribution in [1.29, 1.82) is 0 Å². The van der Waals surface area contributed by atoms with Crippen LogP contribution >= 0.6 is 0 Å². The number of likely N-dealkylation sites (tertiary alicyclic amines) is 1. The summed E-state index contributed by atoms with van der Waals surface area (Å²) in [5.74, 6) is -0.707. The third kappa shape index (κ3) is 2.72. The van der Waals surface area contributed by atoms with Gasteiger partial charge in [0.15, 0.2) is 0 Å². The summed E-state index contributed by atoms with van der Waals surface area (Å²) in [7, 11) is 0. The van der Waals surface area contributed by atoms with Crippen molar-refractivity contribution in [2.45, 2.75) is 39.2 Å². The number of carboxylic acid groups (broad SMARTS) is 1. The standard InChI is InChI=1S/C15H21NO2/c1-11-5-3-6-13(12(11)2)14-7-4-9-16(14)10-8-15(17)18/h3,5-6,14H,4,7-10H2,1-2H3,(H,17,18). The van der Waals surface area contributed by atoms with Gasteiger partial charge in [-0.15, -0.1) is 0 Å². The van der Waals surface area contributed by atoms with Crippen molar-refractivity contribution in [3.63, 3.8) is 0 Å². The molecular formula is C15H21NO2. The fraction of sp³-hybridized carbons (Fsp3) is 0.533. The highest BCUT2D eigenvalue weighted by Gasteiger charge is 2.27. The first-order valence-electron chi connectivity index (χ1n) is 6.61. The van der Waals surface area contributed by atoms with Crippen LogP contribution in [0.3, 0.4) is 0 Å². The number of aryl methyl sites for hydroxylation is 1. The molecule has 3 nitrogen and oxygen atoms in total. The molecule has 2 rings (SSSR count). The number of hydrogen-bond donors (Lipinski definition) is 1. The Bertz CT molecular complexity index is 442. The summed E-state index contributed by atoms with van der Waals surface area (Å²) in [6.07, 6.45) is 2.54. The van der Waals surface area contributed by atoms with Crippen LogP contribution in [0.1, 0.15) is 42.0 Å². The van der Waals surface area contributed by atoms with Gasteiger partial charge >= 0.3 is 5.97 Å². The summed E-state index contributed by atoms with van der Waals surface area (Å²) in [5, 5.41) is 8.80. The SMILES string of the molecule is Cc1cccc(C2CCCN2CCC(=O)O)c1C. The normalized spacial score (nSPS) is 20.2. The number of carbonyl (C=O) groups is 1. The van der Waals surface area contributed by atoms with Crippen LogP contribution in [0.25, 0.3) is 0 Å². The zero-order valence-corrected chi connectivity index (χ0v) is 11.1. The summed E-state index contributed by atoms with van der Waals surface area (Å²) in [6, 6.07) is 6.83. The Balaban J connectivity index is 2.15. The first kappa shape index (κ1) is 13.1. The van der Waals surface area contributed by atoms with Crippen LogP contribution in [-0.4, -0.2) is 29.1 Å². The molecule has 0 radical (unpaired) electrons. The lowest BCUT2D eigenvalue weighted by Crippen LogP contribution is -2.26. The number of rotatable bonds is 4. The van der Waals surface area contributed by atoms with Crippen molar-refractivity contribution in [3.05, 3.63) is 34.9 Å². The summed E-state index contributed by atoms with van der Waals surface area (Å²) in [4.78, 5) is 13.0. The molecule has 1 N–H and O–H groups in total. The smallest absolute Gasteiger partial charge is 0.304 e. The van der Waals surface area contributed by atoms with Crippen LogP contribution in [0.4, 0.5) is 0 Å². The van der Waals surface area contributed by atoms with E-state index >= 15 is 0 Å². The zero-order chi connectivity index (χ0) is 13.1. The lowest BCUT2D eigenvalue weighted by Gasteiger charge is -2.26. The lowest BCUT2D eigenvalue weighted by atomic mass is 9.96. The molecule has 1 aliphatic heterocycles. The van der Waals surface area contributed by atoms with Crippen LogP contribution in [0.15, 0.2) is 18.2 Å². The number of hydrogen-bond acceptors (Lipinski definition) is 2. The van der Waals surface area contributed by atoms with Crippen LogP contribution in [0, 0.1) is 13.8 Å². The molecule has 1 atom stereocenters. The first-order chi connectivity index (χ1) is 8.59. The van der Waals surface area contributed by atoms with Gasteiger partial charge in [0.05, 0.1) is 6.42 Å². The molecule has 98 valence electrons. The van der Waals surface area contributed by atoms with Crippen molar-refractivity contribution in [2.75, 3.05) is 13.1 Å². The van der Waals surface area contributed by atoms with Crippen LogP contribution in [0.5, 0.6) is 0 Å². The third-order valence-electron chi connectivity index (χ3n) is 3.98. The predicted molar refractivity (Wildman–Crippen MR) is 71.7 cm³/mol. The minimum absolute atomic E-state index is 0.237. The largest absolute Gasteiger partial charge is 0.481 e. The van der Waals surface area contributed by atoms with Gasteiger partial charge in [-0.05, 0) is 49.9 Å². The molecular weight excluding hydrogens is 226 g/mol. The maximum Gasteiger partial charge on any atom is 0.304 e. The Morgan fingerprint density at radius 3 is 2.94 bits per heavy atom. The number of aliphatic carboxylic acids is 1. The average molecular weight is 247 g/mol. The Labute approximate surface area is 108 Å². The second-order valence-corrected chi connectivity index (χ2v) is 5.13. The van der Waals surface area contributed by atoms with Gasteiger partial charge in [0.25, 0.3) is 0 Å². The van der Waals surface area contributed by atoms with Crippen molar-refractivity contribution in [1.82, 2.24) is 4.90 Å². The highest BCUT2D eigenvalue weighted by Crippen LogP contribution is 2.34. The molecule has 1 heterocycles. The Morgan fingerprint density at radius 1 is 1.44 bits per heavy atom. The van der Waals surface area contributed by atoms with E-state index in [4.69, 9.17) is 5.11 Å². The molecule has 1 aliphatic rings. The minimum Gasteiger partial charge on any atom is -0.481 e. The van der Waals surface area contributed by atoms with Crippen molar-refractivity contribution < 1.29 is 9.90 Å². The summed E-state index contributed by atoms with van der Waals surface area (Å²) in [6.45, 7) is 5.98. The number of nitrogens with zero attached hydrogens (tertiary/aromatic N) is 1. The van der Waals surface area contributed by atoms with Gasteiger partial charge in [0, 0.05) is 12.6 Å². The van der Waals surface area contributed by atoms with Crippen LogP contribution in [0.2, 0.25) is 0 Å². The van der Waals surface area contributed by atoms with Crippen LogP contribution < -0.4 is 0 Å². The van der Waals surface area contributed by atoms with Gasteiger partial charge in [-0.3, -0.25) is 9.69 Å². The van der Waals surface area contributed by atoms with E-state index in [0.29, 0.717) is 12.6 Å². The molecule has 0 amide bonds. The van der Waals surface area contributed by atoms with E-state index in [9.17, 15) is 4.79 Å². The average Bonchev–Trinajstić information content (AvgIpc) is 2.78. The van der Waals surface area contributed by atoms with E-state index in [-0.39, 0.29) is 6.42 Å². The van der Waals surface area contributed by atoms with Gasteiger partial charge in [-0.1, -0.05) is 18.2 Å². The molecule has 1 saturated heterocycles. The van der Waals surface area contributed by atoms with Gasteiger partial charge in [-0.25, -0.2) is 0 Å². The molecule has 1 fully saturated rings. The second-order valence-electron chi connectivity index (χ2n) is 5.13. The zero-order valence-electron chi connectivity index (χ0n) is 11.1. The molecule has 0 saturated carbocycles. The van der Waals surface area contributed by atoms with Gasteiger partial charge in [-0.2, -0.15) is 0 Å². The van der Waals surface area contributed by atoms with Crippen LogP contribution in [-0.2, 0) is 4.79 Å². The van der Waals surface area contributed by atoms with E-state index in [1.54, 1.807) is 0 Å². The molecule has 0 bridgehead atoms. The van der Waals surface area contributed by atoms with E-state index in [2.05, 4.69) is 36.9 Å². The van der Waals surface area contributed by atoms with Crippen molar-refractivity contribution in [3.8, 4) is 0 Å².